The molecule has 2 rings (SSSR count). The van der Waals surface area contributed by atoms with Crippen LogP contribution in [0, 0.1) is 0 Å². The molecule has 1 unspecified atom stereocenters. The van der Waals surface area contributed by atoms with Crippen LogP contribution in [0.1, 0.15) is 12.0 Å². The van der Waals surface area contributed by atoms with Crippen LogP contribution in [0.3, 0.4) is 0 Å². The first-order valence-corrected chi connectivity index (χ1v) is 5.60. The van der Waals surface area contributed by atoms with E-state index in [4.69, 9.17) is 5.11 Å². The number of nitrogens with two attached hydrogens (primary N) is 1. The van der Waals surface area contributed by atoms with Gasteiger partial charge in [-0.3, -0.25) is 5.32 Å². The number of amides is 1. The van der Waals surface area contributed by atoms with Crippen molar-refractivity contribution in [1.82, 2.24) is 0 Å². The van der Waals surface area contributed by atoms with Gasteiger partial charge in [0.1, 0.15) is 12.6 Å². The molecular formula is C12H17N2O2+. The number of aliphatic hydroxyl groups is 1. The number of fused-ring (bicyclic) bond motifs is 1. The number of quaternary nitrogens is 1. The number of benzene rings is 1. The molecule has 4 N–H and O–H groups in total. The molecule has 0 aromatic heterocycles. The van der Waals surface area contributed by atoms with Crippen LogP contribution >= 0.6 is 0 Å². The fourth-order valence-electron chi connectivity index (χ4n) is 1.98. The van der Waals surface area contributed by atoms with E-state index in [0.717, 1.165) is 18.5 Å². The summed E-state index contributed by atoms with van der Waals surface area (Å²) in [6.45, 7) is 0.363. The van der Waals surface area contributed by atoms with Gasteiger partial charge in [-0.05, 0) is 18.1 Å². The minimum absolute atomic E-state index is 0.0135. The monoisotopic (exact) mass is 221 g/mol. The topological polar surface area (TPSA) is 65.9 Å². The van der Waals surface area contributed by atoms with Crippen LogP contribution in [0.2, 0.25) is 0 Å². The van der Waals surface area contributed by atoms with Crippen molar-refractivity contribution in [3.8, 4) is 0 Å². The molecule has 0 bridgehead atoms. The van der Waals surface area contributed by atoms with Crippen molar-refractivity contribution in [2.24, 2.45) is 0 Å². The standard InChI is InChI=1S/C12H16N2O2/c15-8-10-6-5-9-3-1-2-4-11(9)13-7-12(16)14-10/h1-4,10,13,15H,5-8H2,(H,14,16)/p+1. The second kappa shape index (κ2) is 5.09. The Kier molecular flexibility index (Phi) is 3.54. The molecule has 0 aliphatic carbocycles. The summed E-state index contributed by atoms with van der Waals surface area (Å²) >= 11 is 0. The van der Waals surface area contributed by atoms with E-state index in [-0.39, 0.29) is 18.6 Å². The molecule has 1 amide bonds. The van der Waals surface area contributed by atoms with Gasteiger partial charge in [0, 0.05) is 12.1 Å². The number of anilines is 1. The summed E-state index contributed by atoms with van der Waals surface area (Å²) in [4.78, 5) is 11.5. The molecule has 4 nitrogen and oxygen atoms in total. The fraction of sp³-hybridized carbons (Fsp3) is 0.417. The predicted octanol–water partition coefficient (Wildman–Crippen LogP) is -0.504. The van der Waals surface area contributed by atoms with Crippen LogP contribution in [-0.4, -0.2) is 30.2 Å². The highest BCUT2D eigenvalue weighted by atomic mass is 16.3. The Labute approximate surface area is 94.7 Å². The molecule has 0 radical (unpaired) electrons. The van der Waals surface area contributed by atoms with Crippen LogP contribution in [0.5, 0.6) is 0 Å². The zero-order chi connectivity index (χ0) is 11.4. The number of primary amides is 1. The highest BCUT2D eigenvalue weighted by Crippen LogP contribution is 2.17. The van der Waals surface area contributed by atoms with E-state index < -0.39 is 0 Å². The second-order valence-corrected chi connectivity index (χ2v) is 4.13. The lowest BCUT2D eigenvalue weighted by Gasteiger charge is -2.09. The lowest BCUT2D eigenvalue weighted by Crippen LogP contribution is -2.95. The van der Waals surface area contributed by atoms with Gasteiger partial charge in [-0.1, -0.05) is 18.2 Å². The van der Waals surface area contributed by atoms with E-state index in [1.807, 2.05) is 18.2 Å². The Balaban J connectivity index is 2.19. The number of hydrogen-bond acceptors (Lipinski definition) is 3. The molecule has 86 valence electrons. The van der Waals surface area contributed by atoms with Gasteiger partial charge in [-0.25, -0.2) is 4.79 Å². The first-order chi connectivity index (χ1) is 7.79. The van der Waals surface area contributed by atoms with Gasteiger partial charge in [0.05, 0.1) is 6.61 Å². The maximum Gasteiger partial charge on any atom is 0.329 e. The molecule has 1 aliphatic rings. The van der Waals surface area contributed by atoms with Gasteiger partial charge in [0.2, 0.25) is 0 Å². The highest BCUT2D eigenvalue weighted by Gasteiger charge is 2.19. The van der Waals surface area contributed by atoms with E-state index in [1.165, 1.54) is 5.56 Å². The number of carbonyl (C=O) groups is 1. The van der Waals surface area contributed by atoms with Crippen molar-refractivity contribution in [2.45, 2.75) is 18.9 Å². The SMILES string of the molecule is O=C1CNc2ccccc2CCC(CO)[NH2+]1. The van der Waals surface area contributed by atoms with Crippen molar-refractivity contribution in [3.63, 3.8) is 0 Å². The molecule has 1 atom stereocenters. The summed E-state index contributed by atoms with van der Waals surface area (Å²) in [7, 11) is 0. The normalized spacial score (nSPS) is 21.3. The van der Waals surface area contributed by atoms with Gasteiger partial charge < -0.3 is 10.4 Å². The van der Waals surface area contributed by atoms with E-state index in [9.17, 15) is 4.79 Å². The largest absolute Gasteiger partial charge is 0.390 e. The second-order valence-electron chi connectivity index (χ2n) is 4.13. The van der Waals surface area contributed by atoms with Crippen LogP contribution in [-0.2, 0) is 11.2 Å². The maximum atomic E-state index is 11.5. The molecule has 1 heterocycles. The highest BCUT2D eigenvalue weighted by molar-refractivity contribution is 5.72. The smallest absolute Gasteiger partial charge is 0.329 e. The zero-order valence-electron chi connectivity index (χ0n) is 9.15. The summed E-state index contributed by atoms with van der Waals surface area (Å²) in [6, 6.07) is 7.99. The summed E-state index contributed by atoms with van der Waals surface area (Å²) in [5, 5.41) is 13.9. The van der Waals surface area contributed by atoms with E-state index >= 15 is 0 Å². The summed E-state index contributed by atoms with van der Waals surface area (Å²) < 4.78 is 0. The third kappa shape index (κ3) is 2.59. The van der Waals surface area contributed by atoms with Gasteiger partial charge >= 0.3 is 5.91 Å². The quantitative estimate of drug-likeness (QED) is 0.599. The first-order valence-electron chi connectivity index (χ1n) is 5.60. The number of carbonyl (C=O) groups excluding carboxylic acids is 1. The van der Waals surface area contributed by atoms with Crippen molar-refractivity contribution >= 4 is 11.6 Å². The van der Waals surface area contributed by atoms with Crippen LogP contribution < -0.4 is 10.6 Å². The third-order valence-corrected chi connectivity index (χ3v) is 2.91. The van der Waals surface area contributed by atoms with Gasteiger partial charge in [-0.2, -0.15) is 0 Å². The number of aliphatic hydroxyl groups excluding tert-OH is 1. The Hall–Kier alpha value is -1.39. The fourth-order valence-corrected chi connectivity index (χ4v) is 1.98. The molecular weight excluding hydrogens is 204 g/mol. The molecule has 0 saturated heterocycles. The average molecular weight is 221 g/mol. The maximum absolute atomic E-state index is 11.5. The number of nitrogens with one attached hydrogen (secondary N) is 1. The van der Waals surface area contributed by atoms with Crippen LogP contribution in [0.4, 0.5) is 5.69 Å². The minimum atomic E-state index is -0.0135. The molecule has 0 saturated carbocycles. The molecule has 1 aromatic carbocycles. The van der Waals surface area contributed by atoms with Gasteiger partial charge in [-0.15, -0.1) is 0 Å². The van der Waals surface area contributed by atoms with E-state index in [0.29, 0.717) is 6.54 Å². The molecule has 16 heavy (non-hydrogen) atoms. The number of aryl methyl sites for hydroxylation is 1. The van der Waals surface area contributed by atoms with Crippen molar-refractivity contribution in [1.29, 1.82) is 0 Å². The summed E-state index contributed by atoms with van der Waals surface area (Å²) in [5.74, 6) is 0.0516. The number of hydrogen-bond donors (Lipinski definition) is 3. The molecule has 1 aromatic rings. The summed E-state index contributed by atoms with van der Waals surface area (Å²) in [6.07, 6.45) is 1.71. The summed E-state index contributed by atoms with van der Waals surface area (Å²) in [5.41, 5.74) is 2.24. The lowest BCUT2D eigenvalue weighted by atomic mass is 10.0. The molecule has 4 heteroatoms. The van der Waals surface area contributed by atoms with Crippen molar-refractivity contribution in [2.75, 3.05) is 18.5 Å². The number of rotatable bonds is 1. The van der Waals surface area contributed by atoms with Crippen LogP contribution in [0.25, 0.3) is 0 Å². The van der Waals surface area contributed by atoms with Gasteiger partial charge in [0.15, 0.2) is 0 Å². The Morgan fingerprint density at radius 1 is 1.44 bits per heavy atom. The zero-order valence-corrected chi connectivity index (χ0v) is 9.15. The Morgan fingerprint density at radius 2 is 2.25 bits per heavy atom. The molecule has 1 aliphatic heterocycles. The molecule has 0 spiro atoms. The Morgan fingerprint density at radius 3 is 3.06 bits per heavy atom. The predicted molar refractivity (Wildman–Crippen MR) is 61.1 cm³/mol. The third-order valence-electron chi connectivity index (χ3n) is 2.91. The van der Waals surface area contributed by atoms with Crippen molar-refractivity contribution in [3.05, 3.63) is 29.8 Å². The lowest BCUT2D eigenvalue weighted by molar-refractivity contribution is -0.607. The van der Waals surface area contributed by atoms with Crippen LogP contribution in [0.15, 0.2) is 24.3 Å². The van der Waals surface area contributed by atoms with E-state index in [2.05, 4.69) is 11.4 Å². The first kappa shape index (κ1) is 11.1. The van der Waals surface area contributed by atoms with Gasteiger partial charge in [0.25, 0.3) is 0 Å². The van der Waals surface area contributed by atoms with Crippen molar-refractivity contribution < 1.29 is 15.2 Å². The average Bonchev–Trinajstić information content (AvgIpc) is 2.39. The number of para-hydroxylation sites is 1. The minimum Gasteiger partial charge on any atom is -0.390 e. The van der Waals surface area contributed by atoms with E-state index in [1.54, 1.807) is 5.32 Å². The Bertz CT molecular complexity index is 379. The molecule has 0 fully saturated rings.